The molecule has 3 aromatic heterocycles. The molecule has 1 aromatic carbocycles. The molecule has 1 N–H and O–H groups in total. The van der Waals surface area contributed by atoms with Crippen molar-refractivity contribution in [1.29, 1.82) is 0 Å². The van der Waals surface area contributed by atoms with Gasteiger partial charge >= 0.3 is 5.97 Å². The van der Waals surface area contributed by atoms with Gasteiger partial charge in [-0.2, -0.15) is 9.61 Å². The Morgan fingerprint density at radius 2 is 1.89 bits per heavy atom. The highest BCUT2D eigenvalue weighted by Gasteiger charge is 2.37. The van der Waals surface area contributed by atoms with Gasteiger partial charge < -0.3 is 14.7 Å². The van der Waals surface area contributed by atoms with E-state index in [0.29, 0.717) is 16.9 Å². The highest BCUT2D eigenvalue weighted by molar-refractivity contribution is 7.15. The van der Waals surface area contributed by atoms with Crippen LogP contribution in [0.2, 0.25) is 0 Å². The van der Waals surface area contributed by atoms with Gasteiger partial charge in [0.25, 0.3) is 0 Å². The van der Waals surface area contributed by atoms with Crippen LogP contribution in [-0.2, 0) is 22.4 Å². The normalized spacial score (nSPS) is 18.7. The summed E-state index contributed by atoms with van der Waals surface area (Å²) in [5, 5.41) is 16.3. The molecule has 6 heterocycles. The van der Waals surface area contributed by atoms with Crippen molar-refractivity contribution in [1.82, 2.24) is 19.6 Å². The van der Waals surface area contributed by atoms with Gasteiger partial charge in [-0.15, -0.1) is 11.3 Å². The zero-order valence-electron chi connectivity index (χ0n) is 26.5. The number of fused-ring (bicyclic) bond motifs is 6. The maximum absolute atomic E-state index is 12.7. The Morgan fingerprint density at radius 1 is 1.14 bits per heavy atom. The molecule has 44 heavy (non-hydrogen) atoms. The first kappa shape index (κ1) is 30.5. The molecule has 0 radical (unpaired) electrons. The van der Waals surface area contributed by atoms with Crippen LogP contribution in [0.3, 0.4) is 0 Å². The van der Waals surface area contributed by atoms with E-state index in [0.717, 1.165) is 68.1 Å². The fraction of sp³-hybridized carbons (Fsp3) is 0.486. The van der Waals surface area contributed by atoms with E-state index in [9.17, 15) is 9.90 Å². The topological polar surface area (TPSA) is 92.8 Å². The first-order valence-corrected chi connectivity index (χ1v) is 16.6. The first-order valence-electron chi connectivity index (χ1n) is 15.8. The predicted molar refractivity (Wildman–Crippen MR) is 176 cm³/mol. The van der Waals surface area contributed by atoms with Gasteiger partial charge in [0.05, 0.1) is 11.2 Å². The zero-order valence-corrected chi connectivity index (χ0v) is 27.3. The number of aryl methyl sites for hydroxylation is 2. The van der Waals surface area contributed by atoms with Crippen LogP contribution in [-0.4, -0.2) is 49.3 Å². The third kappa shape index (κ3) is 6.44. The average molecular weight is 614 g/mol. The monoisotopic (exact) mass is 613 g/mol. The van der Waals surface area contributed by atoms with E-state index < -0.39 is 17.7 Å². The second kappa shape index (κ2) is 12.1. The third-order valence-electron chi connectivity index (χ3n) is 8.81. The number of aliphatic carboxylic acids is 1. The average Bonchev–Trinajstić information content (AvgIpc) is 3.60. The van der Waals surface area contributed by atoms with Crippen molar-refractivity contribution in [2.75, 3.05) is 18.0 Å². The van der Waals surface area contributed by atoms with Gasteiger partial charge in [-0.05, 0) is 82.8 Å². The number of anilines is 1. The minimum atomic E-state index is -1.18. The fourth-order valence-corrected chi connectivity index (χ4v) is 7.32. The highest BCUT2D eigenvalue weighted by Crippen LogP contribution is 2.40. The van der Waals surface area contributed by atoms with Crippen molar-refractivity contribution in [3.8, 4) is 10.7 Å². The maximum atomic E-state index is 12.7. The molecule has 0 saturated carbocycles. The second-order valence-electron chi connectivity index (χ2n) is 13.5. The Hall–Kier alpha value is -3.56. The standard InChI is InChI=1S/C35H43N5O3S/c1-23-29(30(33(41)42)43-34(2,3)4)32-39-18-16-35(5,17-19-39)15-11-7-6-8-12-24-13-9-10-14-25(24)20-26-22-36-31(44-26)27-21-28(37-23)40(32)38-27/h9-11,13-15,21-22,30H,6-8,12,16-20H2,1-5H3,(H,41,42)/b15-11-/t30-/m0/s1. The summed E-state index contributed by atoms with van der Waals surface area (Å²) in [4.78, 5) is 25.9. The molecule has 4 aromatic rings. The van der Waals surface area contributed by atoms with Gasteiger partial charge in [-0.3, -0.25) is 0 Å². The summed E-state index contributed by atoms with van der Waals surface area (Å²) in [6.45, 7) is 11.4. The van der Waals surface area contributed by atoms with E-state index in [1.807, 2.05) is 44.5 Å². The summed E-state index contributed by atoms with van der Waals surface area (Å²) in [6.07, 6.45) is 12.8. The number of benzene rings is 1. The van der Waals surface area contributed by atoms with Gasteiger partial charge in [0.15, 0.2) is 11.8 Å². The molecule has 232 valence electrons. The molecule has 1 fully saturated rings. The number of thiazole rings is 1. The molecule has 3 aliphatic heterocycles. The summed E-state index contributed by atoms with van der Waals surface area (Å²) in [6, 6.07) is 10.7. The van der Waals surface area contributed by atoms with Crippen molar-refractivity contribution >= 4 is 28.8 Å². The van der Waals surface area contributed by atoms with E-state index in [1.54, 1.807) is 11.3 Å². The van der Waals surface area contributed by atoms with E-state index >= 15 is 0 Å². The second-order valence-corrected chi connectivity index (χ2v) is 14.7. The van der Waals surface area contributed by atoms with Crippen molar-refractivity contribution in [2.24, 2.45) is 5.41 Å². The minimum absolute atomic E-state index is 0.0892. The molecule has 8 nitrogen and oxygen atoms in total. The molecule has 7 rings (SSSR count). The number of carbonyl (C=O) groups is 1. The van der Waals surface area contributed by atoms with Crippen LogP contribution < -0.4 is 4.90 Å². The lowest BCUT2D eigenvalue weighted by atomic mass is 9.79. The number of allylic oxidation sites excluding steroid dienone is 2. The van der Waals surface area contributed by atoms with Gasteiger partial charge in [0, 0.05) is 42.3 Å². The first-order chi connectivity index (χ1) is 21.0. The van der Waals surface area contributed by atoms with Crippen LogP contribution in [0.15, 0.2) is 48.7 Å². The Morgan fingerprint density at radius 3 is 2.61 bits per heavy atom. The molecule has 9 heteroatoms. The van der Waals surface area contributed by atoms with Crippen molar-refractivity contribution < 1.29 is 14.6 Å². The van der Waals surface area contributed by atoms with Crippen molar-refractivity contribution in [3.05, 3.63) is 75.9 Å². The molecular weight excluding hydrogens is 570 g/mol. The van der Waals surface area contributed by atoms with Gasteiger partial charge in [0.1, 0.15) is 16.5 Å². The lowest BCUT2D eigenvalue weighted by Crippen LogP contribution is -2.40. The Kier molecular flexibility index (Phi) is 8.37. The highest BCUT2D eigenvalue weighted by atomic mass is 32.1. The molecule has 6 bridgehead atoms. The number of hydrogen-bond acceptors (Lipinski definition) is 7. The van der Waals surface area contributed by atoms with Crippen LogP contribution in [0.5, 0.6) is 0 Å². The largest absolute Gasteiger partial charge is 0.479 e. The lowest BCUT2D eigenvalue weighted by Gasteiger charge is -2.40. The van der Waals surface area contributed by atoms with Crippen LogP contribution in [0, 0.1) is 12.3 Å². The summed E-state index contributed by atoms with van der Waals surface area (Å²) < 4.78 is 8.02. The Labute approximate surface area is 263 Å². The number of hydrogen-bond donors (Lipinski definition) is 1. The lowest BCUT2D eigenvalue weighted by molar-refractivity contribution is -0.160. The van der Waals surface area contributed by atoms with Gasteiger partial charge in [0.2, 0.25) is 0 Å². The molecule has 3 aliphatic rings. The van der Waals surface area contributed by atoms with Crippen LogP contribution in [0.1, 0.15) is 93.2 Å². The third-order valence-corrected chi connectivity index (χ3v) is 9.83. The predicted octanol–water partition coefficient (Wildman–Crippen LogP) is 7.58. The number of ether oxygens (including phenoxy) is 1. The summed E-state index contributed by atoms with van der Waals surface area (Å²) in [5.41, 5.74) is 4.80. The number of carboxylic acids is 1. The Balaban J connectivity index is 1.49. The molecule has 0 unspecified atom stereocenters. The van der Waals surface area contributed by atoms with Crippen molar-refractivity contribution in [3.63, 3.8) is 0 Å². The SMILES string of the molecule is Cc1nc2cc3nn2c(c1[C@H](OC(C)(C)C)C(=O)O)N1CCC(C)(/C=C\CCCCc2ccccc2Cc2cnc-3s2)CC1. The molecule has 1 atom stereocenters. The number of nitrogens with zero attached hydrogens (tertiary/aromatic N) is 5. The molecule has 0 spiro atoms. The van der Waals surface area contributed by atoms with Crippen LogP contribution in [0.4, 0.5) is 5.82 Å². The van der Waals surface area contributed by atoms with E-state index in [4.69, 9.17) is 19.8 Å². The molecule has 0 aliphatic carbocycles. The van der Waals surface area contributed by atoms with E-state index in [-0.39, 0.29) is 5.41 Å². The zero-order chi connectivity index (χ0) is 31.1. The number of carboxylic acid groups (broad SMARTS) is 1. The fourth-order valence-electron chi connectivity index (χ4n) is 6.43. The molecule has 1 saturated heterocycles. The quantitative estimate of drug-likeness (QED) is 0.238. The Bertz CT molecular complexity index is 1690. The van der Waals surface area contributed by atoms with Crippen LogP contribution >= 0.6 is 11.3 Å². The molecule has 0 amide bonds. The summed E-state index contributed by atoms with van der Waals surface area (Å²) in [7, 11) is 0. The van der Waals surface area contributed by atoms with Crippen molar-refractivity contribution in [2.45, 2.75) is 91.3 Å². The number of aromatic nitrogens is 4. The smallest absolute Gasteiger partial charge is 0.337 e. The number of rotatable bonds is 3. The van der Waals surface area contributed by atoms with E-state index in [1.165, 1.54) is 22.4 Å². The summed E-state index contributed by atoms with van der Waals surface area (Å²) in [5.74, 6) is -0.282. The van der Waals surface area contributed by atoms with E-state index in [2.05, 4.69) is 48.2 Å². The van der Waals surface area contributed by atoms with Gasteiger partial charge in [-0.25, -0.2) is 14.8 Å². The maximum Gasteiger partial charge on any atom is 0.337 e. The summed E-state index contributed by atoms with van der Waals surface area (Å²) >= 11 is 1.65. The molecular formula is C35H43N5O3S. The minimum Gasteiger partial charge on any atom is -0.479 e. The van der Waals surface area contributed by atoms with Crippen LogP contribution in [0.25, 0.3) is 16.3 Å². The number of piperidine rings is 1. The van der Waals surface area contributed by atoms with Gasteiger partial charge in [-0.1, -0.05) is 43.3 Å².